The Labute approximate surface area is 120 Å². The molecule has 1 amide bonds. The second kappa shape index (κ2) is 4.73. The molecule has 1 aromatic carbocycles. The second-order valence-corrected chi connectivity index (χ2v) is 5.21. The van der Waals surface area contributed by atoms with Crippen LogP contribution in [0.15, 0.2) is 23.8 Å². The summed E-state index contributed by atoms with van der Waals surface area (Å²) in [6.07, 6.45) is 2.17. The van der Waals surface area contributed by atoms with Crippen molar-refractivity contribution in [1.29, 1.82) is 0 Å². The molecule has 0 aliphatic heterocycles. The van der Waals surface area contributed by atoms with Crippen LogP contribution in [0.5, 0.6) is 0 Å². The first-order chi connectivity index (χ1) is 9.99. The molecule has 0 spiro atoms. The number of aliphatic hydroxyl groups excluding tert-OH is 1. The number of benzene rings is 1. The number of hydrogen-bond donors (Lipinski definition) is 3. The predicted molar refractivity (Wildman–Crippen MR) is 72.9 cm³/mol. The van der Waals surface area contributed by atoms with Gasteiger partial charge in [-0.3, -0.25) is 14.4 Å². The summed E-state index contributed by atoms with van der Waals surface area (Å²) in [6, 6.07) is 5.18. The van der Waals surface area contributed by atoms with Crippen molar-refractivity contribution in [1.82, 2.24) is 5.32 Å². The second-order valence-electron chi connectivity index (χ2n) is 5.21. The van der Waals surface area contributed by atoms with Crippen molar-refractivity contribution in [2.24, 2.45) is 0 Å². The summed E-state index contributed by atoms with van der Waals surface area (Å²) in [4.78, 5) is 34.5. The number of rotatable bonds is 4. The van der Waals surface area contributed by atoms with Gasteiger partial charge in [-0.1, -0.05) is 12.1 Å². The van der Waals surface area contributed by atoms with Gasteiger partial charge >= 0.3 is 5.97 Å². The molecule has 21 heavy (non-hydrogen) atoms. The first-order valence-electron chi connectivity index (χ1n) is 6.61. The Bertz CT molecular complexity index is 700. The lowest BCUT2D eigenvalue weighted by molar-refractivity contribution is -0.137. The van der Waals surface area contributed by atoms with Gasteiger partial charge in [-0.15, -0.1) is 0 Å². The number of amides is 1. The van der Waals surface area contributed by atoms with E-state index in [9.17, 15) is 19.5 Å². The molecular weight excluding hydrogens is 274 g/mol. The zero-order valence-corrected chi connectivity index (χ0v) is 11.0. The van der Waals surface area contributed by atoms with E-state index in [0.29, 0.717) is 11.5 Å². The number of aliphatic carboxylic acids is 1. The molecule has 1 saturated carbocycles. The third kappa shape index (κ3) is 2.29. The number of aliphatic hydroxyl groups is 1. The van der Waals surface area contributed by atoms with E-state index in [4.69, 9.17) is 5.11 Å². The molecule has 6 nitrogen and oxygen atoms in total. The predicted octanol–water partition coefficient (Wildman–Crippen LogP) is 1.23. The summed E-state index contributed by atoms with van der Waals surface area (Å²) < 4.78 is 0. The highest BCUT2D eigenvalue weighted by molar-refractivity contribution is 6.33. The van der Waals surface area contributed by atoms with E-state index in [2.05, 4.69) is 5.32 Å². The molecular formula is C15H13NO5. The van der Waals surface area contributed by atoms with E-state index in [1.807, 2.05) is 6.07 Å². The fraction of sp³-hybridized carbons (Fsp3) is 0.267. The molecule has 0 saturated heterocycles. The number of carbonyl (C=O) groups excluding carboxylic acids is 2. The number of ketones is 1. The average Bonchev–Trinajstić information content (AvgIpc) is 3.25. The maximum atomic E-state index is 12.2. The smallest absolute Gasteiger partial charge is 0.322 e. The third-order valence-electron chi connectivity index (χ3n) is 3.68. The third-order valence-corrected chi connectivity index (χ3v) is 3.68. The molecule has 108 valence electrons. The van der Waals surface area contributed by atoms with E-state index in [0.717, 1.165) is 18.4 Å². The van der Waals surface area contributed by atoms with Crippen molar-refractivity contribution in [2.45, 2.75) is 18.8 Å². The standard InChI is InChI=1S/C15H13NO5/c17-11(18)6-16-15(21)12-13(19)9-4-3-8(7-1-2-7)5-10(9)14(12)20/h3-5,7,20H,1-2,6H2,(H,16,21)(H,17,18). The van der Waals surface area contributed by atoms with Crippen LogP contribution >= 0.6 is 0 Å². The highest BCUT2D eigenvalue weighted by Crippen LogP contribution is 2.42. The number of fused-ring (bicyclic) bond motifs is 1. The summed E-state index contributed by atoms with van der Waals surface area (Å²) in [5, 5.41) is 20.8. The summed E-state index contributed by atoms with van der Waals surface area (Å²) in [5.74, 6) is -2.58. The Balaban J connectivity index is 1.92. The van der Waals surface area contributed by atoms with Gasteiger partial charge in [0.15, 0.2) is 0 Å². The molecule has 0 radical (unpaired) electrons. The van der Waals surface area contributed by atoms with Crippen molar-refractivity contribution in [3.8, 4) is 0 Å². The zero-order chi connectivity index (χ0) is 15.1. The molecule has 0 atom stereocenters. The van der Waals surface area contributed by atoms with E-state index in [1.54, 1.807) is 12.1 Å². The lowest BCUT2D eigenvalue weighted by Crippen LogP contribution is -2.32. The maximum absolute atomic E-state index is 12.2. The van der Waals surface area contributed by atoms with E-state index in [-0.39, 0.29) is 16.9 Å². The van der Waals surface area contributed by atoms with E-state index >= 15 is 0 Å². The number of hydrogen-bond acceptors (Lipinski definition) is 4. The summed E-state index contributed by atoms with van der Waals surface area (Å²) in [5.41, 5.74) is 1.28. The van der Waals surface area contributed by atoms with Gasteiger partial charge in [0.25, 0.3) is 5.91 Å². The normalized spacial score (nSPS) is 16.9. The van der Waals surface area contributed by atoms with Gasteiger partial charge in [0.05, 0.1) is 0 Å². The minimum Gasteiger partial charge on any atom is -0.506 e. The average molecular weight is 287 g/mol. The van der Waals surface area contributed by atoms with Gasteiger partial charge in [0.2, 0.25) is 5.78 Å². The summed E-state index contributed by atoms with van der Waals surface area (Å²) in [7, 11) is 0. The van der Waals surface area contributed by atoms with Crippen molar-refractivity contribution in [3.05, 3.63) is 40.5 Å². The van der Waals surface area contributed by atoms with Gasteiger partial charge < -0.3 is 15.5 Å². The molecule has 0 aromatic heterocycles. The van der Waals surface area contributed by atoms with Crippen molar-refractivity contribution < 1.29 is 24.6 Å². The molecule has 1 fully saturated rings. The lowest BCUT2D eigenvalue weighted by atomic mass is 10.0. The van der Waals surface area contributed by atoms with Crippen LogP contribution in [0.2, 0.25) is 0 Å². The number of carboxylic acids is 1. The molecule has 1 aromatic rings. The first-order valence-corrected chi connectivity index (χ1v) is 6.61. The van der Waals surface area contributed by atoms with Gasteiger partial charge in [0, 0.05) is 11.1 Å². The van der Waals surface area contributed by atoms with Crippen LogP contribution in [0.4, 0.5) is 0 Å². The van der Waals surface area contributed by atoms with Crippen LogP contribution < -0.4 is 5.32 Å². The van der Waals surface area contributed by atoms with Crippen LogP contribution in [-0.4, -0.2) is 34.4 Å². The largest absolute Gasteiger partial charge is 0.506 e. The minimum absolute atomic E-state index is 0.275. The van der Waals surface area contributed by atoms with Crippen LogP contribution in [0.3, 0.4) is 0 Å². The van der Waals surface area contributed by atoms with Gasteiger partial charge in [-0.25, -0.2) is 0 Å². The number of carbonyl (C=O) groups is 3. The van der Waals surface area contributed by atoms with Crippen LogP contribution in [0.1, 0.15) is 40.2 Å². The Morgan fingerprint density at radius 1 is 1.24 bits per heavy atom. The van der Waals surface area contributed by atoms with Gasteiger partial charge in [-0.05, 0) is 30.4 Å². The van der Waals surface area contributed by atoms with Gasteiger partial charge in [-0.2, -0.15) is 0 Å². The lowest BCUT2D eigenvalue weighted by Gasteiger charge is -2.02. The van der Waals surface area contributed by atoms with Crippen molar-refractivity contribution >= 4 is 23.4 Å². The Hall–Kier alpha value is -2.63. The number of carboxylic acid groups (broad SMARTS) is 1. The monoisotopic (exact) mass is 287 g/mol. The van der Waals surface area contributed by atoms with Crippen molar-refractivity contribution in [2.75, 3.05) is 6.54 Å². The molecule has 0 unspecified atom stereocenters. The molecule has 6 heteroatoms. The molecule has 3 rings (SSSR count). The Kier molecular flexibility index (Phi) is 3.01. The van der Waals surface area contributed by atoms with E-state index < -0.39 is 24.2 Å². The minimum atomic E-state index is -1.22. The quantitative estimate of drug-likeness (QED) is 0.723. The number of Topliss-reactive ketones (excluding diaryl/α,β-unsaturated/α-hetero) is 1. The summed E-state index contributed by atoms with van der Waals surface area (Å²) in [6.45, 7) is -0.605. The van der Waals surface area contributed by atoms with Crippen LogP contribution in [-0.2, 0) is 9.59 Å². The Morgan fingerprint density at radius 2 is 1.95 bits per heavy atom. The molecule has 2 aliphatic rings. The topological polar surface area (TPSA) is 104 Å². The van der Waals surface area contributed by atoms with Crippen molar-refractivity contribution in [3.63, 3.8) is 0 Å². The van der Waals surface area contributed by atoms with Gasteiger partial charge in [0.1, 0.15) is 17.9 Å². The molecule has 2 aliphatic carbocycles. The van der Waals surface area contributed by atoms with Crippen LogP contribution in [0, 0.1) is 0 Å². The molecule has 0 bridgehead atoms. The highest BCUT2D eigenvalue weighted by atomic mass is 16.4. The zero-order valence-electron chi connectivity index (χ0n) is 11.0. The fourth-order valence-electron chi connectivity index (χ4n) is 2.46. The van der Waals surface area contributed by atoms with Crippen LogP contribution in [0.25, 0.3) is 5.76 Å². The summed E-state index contributed by atoms with van der Waals surface area (Å²) >= 11 is 0. The highest BCUT2D eigenvalue weighted by Gasteiger charge is 2.35. The maximum Gasteiger partial charge on any atom is 0.322 e. The van der Waals surface area contributed by atoms with E-state index in [1.165, 1.54) is 0 Å². The molecule has 0 heterocycles. The number of nitrogens with one attached hydrogen (secondary N) is 1. The Morgan fingerprint density at radius 3 is 2.57 bits per heavy atom. The SMILES string of the molecule is O=C(O)CNC(=O)C1=C(O)c2cc(C3CC3)ccc2C1=O. The first kappa shape index (κ1) is 13.4. The molecule has 3 N–H and O–H groups in total. The fourth-order valence-corrected chi connectivity index (χ4v) is 2.46.